The van der Waals surface area contributed by atoms with Crippen LogP contribution in [-0.2, 0) is 43.1 Å². The lowest BCUT2D eigenvalue weighted by molar-refractivity contribution is -0.156. The van der Waals surface area contributed by atoms with Crippen LogP contribution in [0.4, 0.5) is 0 Å². The maximum absolute atomic E-state index is 12.9. The van der Waals surface area contributed by atoms with Gasteiger partial charge in [-0.2, -0.15) is 0 Å². The van der Waals surface area contributed by atoms with Gasteiger partial charge in [-0.05, 0) is 43.5 Å². The summed E-state index contributed by atoms with van der Waals surface area (Å²) in [6, 6.07) is 18.7. The number of nitrogens with zero attached hydrogens (tertiary/aromatic N) is 4. The fourth-order valence-corrected chi connectivity index (χ4v) is 6.71. The summed E-state index contributed by atoms with van der Waals surface area (Å²) in [5.74, 6) is -0.703. The van der Waals surface area contributed by atoms with Crippen LogP contribution in [0.15, 0.2) is 60.8 Å². The molecule has 0 bridgehead atoms. The summed E-state index contributed by atoms with van der Waals surface area (Å²) in [6.07, 6.45) is 13.2. The molecule has 10 nitrogen and oxygen atoms in total. The van der Waals surface area contributed by atoms with Gasteiger partial charge in [0.1, 0.15) is 5.69 Å². The molecule has 1 unspecified atom stereocenters. The Labute approximate surface area is 287 Å². The second-order valence-corrected chi connectivity index (χ2v) is 14.4. The molecule has 3 aromatic rings. The van der Waals surface area contributed by atoms with Gasteiger partial charge in [-0.25, -0.2) is 4.79 Å². The minimum atomic E-state index is -4.12. The zero-order valence-electron chi connectivity index (χ0n) is 29.3. The summed E-state index contributed by atoms with van der Waals surface area (Å²) in [5.41, 5.74) is 4.08. The second kappa shape index (κ2) is 22.7. The van der Waals surface area contributed by atoms with Crippen molar-refractivity contribution in [2.75, 3.05) is 33.0 Å². The molecule has 11 heteroatoms. The Morgan fingerprint density at radius 1 is 0.896 bits per heavy atom. The molecule has 0 saturated carbocycles. The molecule has 1 N–H and O–H groups in total. The lowest BCUT2D eigenvalue weighted by atomic mass is 10.0. The monoisotopic (exact) mass is 684 g/mol. The average molecular weight is 685 g/mol. The molecule has 0 spiro atoms. The third kappa shape index (κ3) is 16.0. The molecule has 0 amide bonds. The molecule has 48 heavy (non-hydrogen) atoms. The van der Waals surface area contributed by atoms with Crippen molar-refractivity contribution in [2.45, 2.75) is 110 Å². The van der Waals surface area contributed by atoms with Gasteiger partial charge in [-0.1, -0.05) is 125 Å². The van der Waals surface area contributed by atoms with E-state index in [4.69, 9.17) is 14.0 Å². The normalized spacial score (nSPS) is 13.4. The van der Waals surface area contributed by atoms with E-state index in [-0.39, 0.29) is 19.8 Å². The molecule has 0 aliphatic heterocycles. The molecule has 0 saturated heterocycles. The number of unbranched alkanes of at least 4 members (excludes halogenated alkanes) is 9. The summed E-state index contributed by atoms with van der Waals surface area (Å²) < 4.78 is 30.9. The Bertz CT molecular complexity index is 1340. The van der Waals surface area contributed by atoms with Crippen molar-refractivity contribution < 1.29 is 28.3 Å². The molecule has 2 atom stereocenters. The van der Waals surface area contributed by atoms with Crippen LogP contribution in [0.5, 0.6) is 0 Å². The van der Waals surface area contributed by atoms with Crippen LogP contribution in [0.1, 0.15) is 95.7 Å². The molecule has 0 radical (unpaired) electrons. The Balaban J connectivity index is 1.34. The number of aromatic nitrogens is 3. The zero-order chi connectivity index (χ0) is 34.5. The number of esters is 1. The van der Waals surface area contributed by atoms with E-state index in [1.807, 2.05) is 25.2 Å². The summed E-state index contributed by atoms with van der Waals surface area (Å²) in [6.45, 7) is 6.28. The maximum atomic E-state index is 12.9. The van der Waals surface area contributed by atoms with E-state index in [9.17, 15) is 14.3 Å². The Kier molecular flexibility index (Phi) is 18.7. The standard InChI is InChI=1S/C37H57N4O6P/c1-4-6-7-8-9-10-11-12-13-17-26-41-29-35(38-39-41)30-46-36(37(42)45-5-2)31-48(43,44)47-27-18-25-40(3)28-32-21-23-34(24-22-32)33-19-15-14-16-20-33/h14-16,19-24,29,36H,4-13,17-18,25-28,30-31H2,1-3H3,(H,43,44)/t36-/m1/s1. The molecule has 3 rings (SSSR count). The quantitative estimate of drug-likeness (QED) is 0.0510. The summed E-state index contributed by atoms with van der Waals surface area (Å²) >= 11 is 0. The highest BCUT2D eigenvalue weighted by Gasteiger charge is 2.32. The van der Waals surface area contributed by atoms with Crippen LogP contribution >= 0.6 is 7.60 Å². The molecule has 1 heterocycles. The molecule has 1 aromatic heterocycles. The van der Waals surface area contributed by atoms with Crippen LogP contribution in [0, 0.1) is 0 Å². The molecule has 266 valence electrons. The first kappa shape index (κ1) is 39.6. The minimum Gasteiger partial charge on any atom is -0.464 e. The average Bonchev–Trinajstić information content (AvgIpc) is 3.54. The first-order valence-corrected chi connectivity index (χ1v) is 19.5. The van der Waals surface area contributed by atoms with Crippen molar-refractivity contribution in [1.29, 1.82) is 0 Å². The number of hydrogen-bond acceptors (Lipinski definition) is 8. The van der Waals surface area contributed by atoms with E-state index in [1.54, 1.807) is 17.8 Å². The molecule has 0 aliphatic carbocycles. The van der Waals surface area contributed by atoms with Gasteiger partial charge in [0.05, 0.1) is 32.2 Å². The smallest absolute Gasteiger partial charge is 0.335 e. The van der Waals surface area contributed by atoms with Crippen LogP contribution < -0.4 is 0 Å². The highest BCUT2D eigenvalue weighted by Crippen LogP contribution is 2.43. The molecule has 0 fully saturated rings. The first-order chi connectivity index (χ1) is 23.3. The van der Waals surface area contributed by atoms with Gasteiger partial charge in [0.2, 0.25) is 0 Å². The Morgan fingerprint density at radius 3 is 2.21 bits per heavy atom. The predicted octanol–water partition coefficient (Wildman–Crippen LogP) is 8.04. The van der Waals surface area contributed by atoms with Gasteiger partial charge in [0.15, 0.2) is 6.10 Å². The van der Waals surface area contributed by atoms with Gasteiger partial charge >= 0.3 is 13.6 Å². The SMILES string of the molecule is CCCCCCCCCCCCn1cc(CO[C@H](CP(=O)(O)OCCCN(C)Cc2ccc(-c3ccccc3)cc2)C(=O)OCC)nn1. The number of aryl methyl sites for hydroxylation is 1. The van der Waals surface area contributed by atoms with Crippen molar-refractivity contribution in [2.24, 2.45) is 0 Å². The van der Waals surface area contributed by atoms with Crippen LogP contribution in [-0.4, -0.2) is 69.8 Å². The largest absolute Gasteiger partial charge is 0.464 e. The van der Waals surface area contributed by atoms with Crippen LogP contribution in [0.2, 0.25) is 0 Å². The summed E-state index contributed by atoms with van der Waals surface area (Å²) in [7, 11) is -2.12. The van der Waals surface area contributed by atoms with Gasteiger partial charge in [0, 0.05) is 19.6 Å². The maximum Gasteiger partial charge on any atom is 0.335 e. The van der Waals surface area contributed by atoms with E-state index in [0.29, 0.717) is 18.7 Å². The van der Waals surface area contributed by atoms with Crippen molar-refractivity contribution >= 4 is 13.6 Å². The highest BCUT2D eigenvalue weighted by atomic mass is 31.2. The fraction of sp³-hybridized carbons (Fsp3) is 0.595. The van der Waals surface area contributed by atoms with Crippen LogP contribution in [0.25, 0.3) is 11.1 Å². The van der Waals surface area contributed by atoms with Crippen molar-refractivity contribution in [1.82, 2.24) is 19.9 Å². The van der Waals surface area contributed by atoms with Gasteiger partial charge in [0.25, 0.3) is 0 Å². The molecule has 0 aliphatic rings. The molecule has 2 aromatic carbocycles. The number of carbonyl (C=O) groups is 1. The number of carbonyl (C=O) groups excluding carboxylic acids is 1. The van der Waals surface area contributed by atoms with E-state index < -0.39 is 25.8 Å². The minimum absolute atomic E-state index is 0.0291. The number of ether oxygens (including phenoxy) is 2. The predicted molar refractivity (Wildman–Crippen MR) is 191 cm³/mol. The Hall–Kier alpha value is -2.88. The number of rotatable bonds is 26. The lowest BCUT2D eigenvalue weighted by Crippen LogP contribution is -2.30. The third-order valence-electron chi connectivity index (χ3n) is 8.20. The summed E-state index contributed by atoms with van der Waals surface area (Å²) in [4.78, 5) is 25.3. The van der Waals surface area contributed by atoms with E-state index >= 15 is 0 Å². The third-order valence-corrected chi connectivity index (χ3v) is 9.58. The van der Waals surface area contributed by atoms with Gasteiger partial charge < -0.3 is 23.8 Å². The molecular formula is C37H57N4O6P. The van der Waals surface area contributed by atoms with E-state index in [1.165, 1.54) is 68.1 Å². The first-order valence-electron chi connectivity index (χ1n) is 17.8. The topological polar surface area (TPSA) is 116 Å². The molecular weight excluding hydrogens is 627 g/mol. The zero-order valence-corrected chi connectivity index (χ0v) is 30.2. The van der Waals surface area contributed by atoms with E-state index in [2.05, 4.69) is 58.5 Å². The van der Waals surface area contributed by atoms with Crippen molar-refractivity contribution in [3.63, 3.8) is 0 Å². The Morgan fingerprint density at radius 2 is 1.54 bits per heavy atom. The van der Waals surface area contributed by atoms with E-state index in [0.717, 1.165) is 25.9 Å². The van der Waals surface area contributed by atoms with Crippen molar-refractivity contribution in [3.05, 3.63) is 72.1 Å². The van der Waals surface area contributed by atoms with Gasteiger partial charge in [-0.3, -0.25) is 9.25 Å². The van der Waals surface area contributed by atoms with Crippen LogP contribution in [0.3, 0.4) is 0 Å². The number of hydrogen-bond donors (Lipinski definition) is 1. The number of benzene rings is 2. The lowest BCUT2D eigenvalue weighted by Gasteiger charge is -2.20. The summed E-state index contributed by atoms with van der Waals surface area (Å²) in [5, 5.41) is 8.32. The second-order valence-electron chi connectivity index (χ2n) is 12.5. The highest BCUT2D eigenvalue weighted by molar-refractivity contribution is 7.52. The van der Waals surface area contributed by atoms with Gasteiger partial charge in [-0.15, -0.1) is 5.10 Å². The van der Waals surface area contributed by atoms with Crippen molar-refractivity contribution in [3.8, 4) is 11.1 Å². The fourth-order valence-electron chi connectivity index (χ4n) is 5.52.